The minimum absolute atomic E-state index is 0.0507. The summed E-state index contributed by atoms with van der Waals surface area (Å²) in [5.41, 5.74) is -22.5. The van der Waals surface area contributed by atoms with Crippen LogP contribution in [0, 0.1) is 47.3 Å². The monoisotopic (exact) mass is 1190 g/mol. The van der Waals surface area contributed by atoms with Crippen LogP contribution < -0.4 is 0 Å². The standard InChI is InChI=1S/C16H13F15O4.C13H18F6O2.C10H10F6O.C3H6O/c1-5(12(17,18)19)9(32)35-8-3-6(10(33,13(20,21)22)14(23,24)25)2-7(4-8)11(34,15(26,27)28)16(29,30)31;1-20-7-21-11(12(14,15)16,13(17,18)19)6-10-5-8-2-3-9(10)4-8;11-9(12,13)8(10(14,15)16)6-4-1-2-5(3-4)7(6)17-8;1-3-4-2/h6-8,33-34H,1-4H2;8-10H,2-7H2,1H3;4-7H,1-3H2;3H,1H2,2H3. The molecule has 4 bridgehead atoms. The smallest absolute Gasteiger partial charge is 0.426 e. The number of alkyl halides is 27. The molecule has 0 radical (unpaired) electrons. The average Bonchev–Trinajstić information content (AvgIpc) is 4.03. The number of aliphatic hydroxyl groups is 2. The minimum atomic E-state index is -6.78. The first-order chi connectivity index (χ1) is 34.3. The molecule has 1 heterocycles. The van der Waals surface area contributed by atoms with Gasteiger partial charge in [0.2, 0.25) is 0 Å². The van der Waals surface area contributed by atoms with Crippen molar-refractivity contribution in [3.8, 4) is 0 Å². The third kappa shape index (κ3) is 13.1. The SMILES string of the molecule is C=C(C(=O)OC1CC(C(O)(C(F)(F)F)C(F)(F)F)CC(C(O)(C(F)(F)F)C(F)(F)F)C1)C(F)(F)F.C=COC.COCOC(CC1CC2CCC1C2)(C(F)(F)F)C(F)(F)F.FC(F)(F)C1(C(F)(F)F)OC2C3CCC(C3)C21. The maximum Gasteiger partial charge on any atom is 0.426 e. The molecular weight excluding hydrogens is 1150 g/mol. The summed E-state index contributed by atoms with van der Waals surface area (Å²) >= 11 is 0. The quantitative estimate of drug-likeness (QED) is 0.0733. The van der Waals surface area contributed by atoms with Crippen LogP contribution >= 0.6 is 0 Å². The zero-order valence-corrected chi connectivity index (χ0v) is 39.3. The Hall–Kier alpha value is -3.34. The Morgan fingerprint density at radius 2 is 1.00 bits per heavy atom. The van der Waals surface area contributed by atoms with Crippen LogP contribution in [0.15, 0.2) is 25.0 Å². The van der Waals surface area contributed by atoms with Gasteiger partial charge >= 0.3 is 61.6 Å². The first-order valence-corrected chi connectivity index (χ1v) is 22.2. The molecule has 1 aliphatic heterocycles. The molecule has 0 aromatic carbocycles. The van der Waals surface area contributed by atoms with Crippen LogP contribution in [0.1, 0.15) is 70.6 Å². The van der Waals surface area contributed by atoms with E-state index in [1.807, 2.05) is 0 Å². The Kier molecular flexibility index (Phi) is 19.9. The molecule has 0 amide bonds. The summed E-state index contributed by atoms with van der Waals surface area (Å²) in [7, 11) is 2.56. The van der Waals surface area contributed by atoms with Gasteiger partial charge in [-0.2, -0.15) is 119 Å². The summed E-state index contributed by atoms with van der Waals surface area (Å²) in [6, 6.07) is 0. The molecular formula is C42H47F27O8. The molecule has 0 spiro atoms. The van der Waals surface area contributed by atoms with E-state index < -0.39 is 164 Å². The van der Waals surface area contributed by atoms with E-state index in [-0.39, 0.29) is 17.8 Å². The number of carbonyl (C=O) groups excluding carboxylic acids is 1. The second-order valence-corrected chi connectivity index (χ2v) is 19.2. The topological polar surface area (TPSA) is 104 Å². The van der Waals surface area contributed by atoms with Gasteiger partial charge in [-0.25, -0.2) is 4.79 Å². The molecule has 6 aliphatic rings. The predicted molar refractivity (Wildman–Crippen MR) is 203 cm³/mol. The Morgan fingerprint density at radius 1 is 0.584 bits per heavy atom. The molecule has 9 unspecified atom stereocenters. The number of esters is 1. The summed E-state index contributed by atoms with van der Waals surface area (Å²) in [6.07, 6.45) is -60.0. The number of hydrogen-bond donors (Lipinski definition) is 2. The van der Waals surface area contributed by atoms with E-state index in [9.17, 15) is 134 Å². The molecule has 2 N–H and O–H groups in total. The molecule has 1 saturated heterocycles. The van der Waals surface area contributed by atoms with Gasteiger partial charge in [0.1, 0.15) is 18.5 Å². The van der Waals surface area contributed by atoms with Gasteiger partial charge < -0.3 is 33.9 Å². The van der Waals surface area contributed by atoms with Gasteiger partial charge in [0.25, 0.3) is 22.4 Å². The molecule has 6 rings (SSSR count). The highest BCUT2D eigenvalue weighted by Gasteiger charge is 2.86. The van der Waals surface area contributed by atoms with Gasteiger partial charge in [0, 0.05) is 24.9 Å². The number of rotatable bonds is 10. The largest absolute Gasteiger partial charge is 0.505 e. The number of carbonyl (C=O) groups is 1. The Labute approximate surface area is 417 Å². The molecule has 5 aliphatic carbocycles. The summed E-state index contributed by atoms with van der Waals surface area (Å²) in [6.45, 7) is 4.38. The zero-order chi connectivity index (χ0) is 60.2. The van der Waals surface area contributed by atoms with Crippen molar-refractivity contribution in [2.45, 2.75) is 161 Å². The van der Waals surface area contributed by atoms with Crippen LogP contribution in [0.4, 0.5) is 119 Å². The summed E-state index contributed by atoms with van der Waals surface area (Å²) in [5, 5.41) is 18.9. The lowest BCUT2D eigenvalue weighted by Crippen LogP contribution is -2.75. The third-order valence-corrected chi connectivity index (χ3v) is 14.9. The van der Waals surface area contributed by atoms with Crippen LogP contribution in [-0.4, -0.2) is 127 Å². The van der Waals surface area contributed by atoms with E-state index in [1.165, 1.54) is 6.26 Å². The van der Waals surface area contributed by atoms with Gasteiger partial charge in [-0.05, 0) is 93.8 Å². The fourth-order valence-corrected chi connectivity index (χ4v) is 11.3. The van der Waals surface area contributed by atoms with E-state index in [4.69, 9.17) is 0 Å². The lowest BCUT2D eigenvalue weighted by atomic mass is 9.65. The van der Waals surface area contributed by atoms with E-state index >= 15 is 0 Å². The van der Waals surface area contributed by atoms with Crippen molar-refractivity contribution < 1.29 is 157 Å². The van der Waals surface area contributed by atoms with Gasteiger partial charge in [-0.3, -0.25) is 0 Å². The molecule has 6 fully saturated rings. The van der Waals surface area contributed by atoms with Crippen molar-refractivity contribution in [2.75, 3.05) is 21.0 Å². The highest BCUT2D eigenvalue weighted by molar-refractivity contribution is 5.89. The van der Waals surface area contributed by atoms with Crippen LogP contribution in [0.25, 0.3) is 0 Å². The number of ether oxygens (including phenoxy) is 5. The molecule has 9 atom stereocenters. The van der Waals surface area contributed by atoms with E-state index in [0.29, 0.717) is 32.1 Å². The lowest BCUT2D eigenvalue weighted by Gasteiger charge is -2.56. The van der Waals surface area contributed by atoms with Crippen molar-refractivity contribution >= 4 is 5.97 Å². The maximum absolute atomic E-state index is 13.2. The first-order valence-electron chi connectivity index (χ1n) is 22.2. The lowest BCUT2D eigenvalue weighted by molar-refractivity contribution is -0.470. The summed E-state index contributed by atoms with van der Waals surface area (Å²) in [4.78, 5) is 11.5. The van der Waals surface area contributed by atoms with Gasteiger partial charge in [0.15, 0.2) is 0 Å². The minimum Gasteiger partial charge on any atom is -0.505 e. The van der Waals surface area contributed by atoms with Crippen molar-refractivity contribution in [1.82, 2.24) is 0 Å². The fraction of sp³-hybridized carbons (Fsp3) is 0.881. The Bertz CT molecular complexity index is 1890. The highest BCUT2D eigenvalue weighted by atomic mass is 19.5. The van der Waals surface area contributed by atoms with Crippen LogP contribution in [-0.2, 0) is 28.5 Å². The Morgan fingerprint density at radius 3 is 1.31 bits per heavy atom. The molecule has 5 saturated carbocycles. The fourth-order valence-electron chi connectivity index (χ4n) is 11.3. The van der Waals surface area contributed by atoms with Gasteiger partial charge in [0.05, 0.1) is 19.5 Å². The number of methoxy groups -OCH3 is 2. The molecule has 0 aromatic rings. The molecule has 35 heteroatoms. The highest BCUT2D eigenvalue weighted by Crippen LogP contribution is 2.69. The van der Waals surface area contributed by atoms with Crippen molar-refractivity contribution in [1.29, 1.82) is 0 Å². The normalized spacial score (nSPS) is 28.9. The average molecular weight is 1190 g/mol. The van der Waals surface area contributed by atoms with Crippen molar-refractivity contribution in [3.63, 3.8) is 0 Å². The summed E-state index contributed by atoms with van der Waals surface area (Å²) < 4.78 is 373. The van der Waals surface area contributed by atoms with Crippen LogP contribution in [0.5, 0.6) is 0 Å². The van der Waals surface area contributed by atoms with E-state index in [2.05, 4.69) is 36.8 Å². The summed E-state index contributed by atoms with van der Waals surface area (Å²) in [5.74, 6) is -12.4. The third-order valence-electron chi connectivity index (χ3n) is 14.9. The maximum atomic E-state index is 13.2. The van der Waals surface area contributed by atoms with E-state index in [1.54, 1.807) is 7.11 Å². The van der Waals surface area contributed by atoms with Gasteiger partial charge in [-0.15, -0.1) is 0 Å². The second kappa shape index (κ2) is 22.5. The van der Waals surface area contributed by atoms with Gasteiger partial charge in [-0.1, -0.05) is 19.6 Å². The van der Waals surface area contributed by atoms with Crippen molar-refractivity contribution in [3.05, 3.63) is 25.0 Å². The first kappa shape index (κ1) is 67.9. The Balaban J connectivity index is 0.000000313. The molecule has 8 nitrogen and oxygen atoms in total. The van der Waals surface area contributed by atoms with E-state index in [0.717, 1.165) is 20.0 Å². The van der Waals surface area contributed by atoms with Crippen LogP contribution in [0.3, 0.4) is 0 Å². The van der Waals surface area contributed by atoms with Crippen LogP contribution in [0.2, 0.25) is 0 Å². The number of hydrogen-bond acceptors (Lipinski definition) is 8. The van der Waals surface area contributed by atoms with Crippen molar-refractivity contribution in [2.24, 2.45) is 47.3 Å². The second-order valence-electron chi connectivity index (χ2n) is 19.2. The molecule has 77 heavy (non-hydrogen) atoms. The zero-order valence-electron chi connectivity index (χ0n) is 39.3. The molecule has 0 aromatic heterocycles. The number of halogens is 27. The number of fused-ring (bicyclic) bond motifs is 7. The predicted octanol–water partition coefficient (Wildman–Crippen LogP) is 13.5. The molecule has 452 valence electrons.